The molecule has 15 nitrogen and oxygen atoms in total. The molecule has 0 aliphatic heterocycles. The number of methoxy groups -OCH3 is 1. The van der Waals surface area contributed by atoms with Crippen molar-refractivity contribution in [1.29, 1.82) is 0 Å². The number of rotatable bonds is 3. The van der Waals surface area contributed by atoms with Gasteiger partial charge in [-0.25, -0.2) is 14.8 Å². The van der Waals surface area contributed by atoms with Gasteiger partial charge < -0.3 is 27.5 Å². The molecule has 0 radical (unpaired) electrons. The monoisotopic (exact) mass is 1270 g/mol. The molecule has 0 fully saturated rings. The summed E-state index contributed by atoms with van der Waals surface area (Å²) in [7, 11) is 8.13. The fraction of sp³-hybridized carbons (Fsp3) is 0.439. The zero-order valence-electron chi connectivity index (χ0n) is 53.5. The summed E-state index contributed by atoms with van der Waals surface area (Å²) in [6, 6.07) is 28.6. The maximum atomic E-state index is 11.8. The van der Waals surface area contributed by atoms with E-state index >= 15 is 0 Å². The number of hydrogen-bond donors (Lipinski definition) is 3. The van der Waals surface area contributed by atoms with Crippen LogP contribution in [0.15, 0.2) is 122 Å². The predicted octanol–water partition coefficient (Wildman–Crippen LogP) is 10.1. The van der Waals surface area contributed by atoms with Crippen LogP contribution in [0.3, 0.4) is 0 Å². The molecule has 0 bridgehead atoms. The van der Waals surface area contributed by atoms with Gasteiger partial charge in [-0.3, -0.25) is 28.1 Å². The van der Waals surface area contributed by atoms with Crippen molar-refractivity contribution < 1.29 is 80.7 Å². The Morgan fingerprint density at radius 2 is 0.974 bits per heavy atom. The fourth-order valence-corrected chi connectivity index (χ4v) is 5.44. The number of alkyl halides is 1. The number of para-hydroxylation sites is 4. The normalized spacial score (nSPS) is 7.72. The number of carboxylic acid groups (broad SMARTS) is 1. The second kappa shape index (κ2) is 71.4. The molecule has 3 aromatic heterocycles. The van der Waals surface area contributed by atoms with E-state index in [1.807, 2.05) is 184 Å². The Hall–Kier alpha value is -3.57. The second-order valence-corrected chi connectivity index (χ2v) is 12.3. The van der Waals surface area contributed by atoms with Crippen LogP contribution >= 0.6 is 58.8 Å². The predicted molar refractivity (Wildman–Crippen MR) is 351 cm³/mol. The van der Waals surface area contributed by atoms with Crippen molar-refractivity contribution in [1.82, 2.24) is 28.7 Å². The molecule has 434 valence electrons. The maximum Gasteiger partial charge on any atom is 1.00 e. The molecule has 3 heterocycles. The first-order valence-electron chi connectivity index (χ1n) is 25.4. The van der Waals surface area contributed by atoms with Crippen molar-refractivity contribution in [2.24, 2.45) is 26.1 Å². The number of nitrogen functional groups attached to an aromatic ring is 1. The third kappa shape index (κ3) is 38.9. The van der Waals surface area contributed by atoms with Crippen LogP contribution in [0.1, 0.15) is 136 Å². The number of fused-ring (bicyclic) bond motifs is 3. The molecule has 0 amide bonds. The summed E-state index contributed by atoms with van der Waals surface area (Å²) in [5, 5.41) is 13.3. The number of aromatic amines is 1. The molecule has 21 heteroatoms. The smallest absolute Gasteiger partial charge is 1.00 e. The average molecular weight is 1280 g/mol. The third-order valence-corrected chi connectivity index (χ3v) is 8.83. The van der Waals surface area contributed by atoms with E-state index in [4.69, 9.17) is 27.8 Å². The number of carbonyl (C=O) groups is 1. The van der Waals surface area contributed by atoms with Crippen LogP contribution in [0.5, 0.6) is 6.01 Å². The van der Waals surface area contributed by atoms with Crippen molar-refractivity contribution in [3.63, 3.8) is 0 Å². The van der Waals surface area contributed by atoms with Gasteiger partial charge in [0.25, 0.3) is 22.7 Å². The number of ether oxygens (including phenoxy) is 1. The quantitative estimate of drug-likeness (QED) is 0.0219. The van der Waals surface area contributed by atoms with E-state index in [0.29, 0.717) is 38.1 Å². The van der Waals surface area contributed by atoms with E-state index in [2.05, 4.69) is 59.9 Å². The number of aromatic carboxylic acids is 1. The number of H-pyrrole nitrogens is 1. The molecular formula is C57H97IN8Na2O7S3. The molecule has 78 heavy (non-hydrogen) atoms. The van der Waals surface area contributed by atoms with Gasteiger partial charge >= 0.3 is 65.1 Å². The number of thioether (sulfide) groups is 1. The van der Waals surface area contributed by atoms with E-state index < -0.39 is 5.97 Å². The summed E-state index contributed by atoms with van der Waals surface area (Å²) in [4.78, 5) is 62.4. The number of carboxylic acids is 1. The van der Waals surface area contributed by atoms with Crippen LogP contribution in [0.2, 0.25) is 0 Å². The molecule has 0 aliphatic rings. The number of benzene rings is 4. The van der Waals surface area contributed by atoms with Gasteiger partial charge in [-0.05, 0) is 84.2 Å². The zero-order valence-corrected chi connectivity index (χ0v) is 61.1. The van der Waals surface area contributed by atoms with Gasteiger partial charge in [0, 0.05) is 33.9 Å². The van der Waals surface area contributed by atoms with Crippen molar-refractivity contribution in [2.75, 3.05) is 31.1 Å². The minimum Gasteiger partial charge on any atom is -1.00 e. The van der Waals surface area contributed by atoms with Crippen molar-refractivity contribution in [2.45, 2.75) is 130 Å². The van der Waals surface area contributed by atoms with Gasteiger partial charge in [-0.2, -0.15) is 4.98 Å². The summed E-state index contributed by atoms with van der Waals surface area (Å²) in [6.07, 6.45) is 1.91. The number of thiocarbonyl (C=S) groups is 1. The minimum atomic E-state index is -0.988. The van der Waals surface area contributed by atoms with Crippen LogP contribution in [0, 0.1) is 4.77 Å². The Labute approximate surface area is 543 Å². The summed E-state index contributed by atoms with van der Waals surface area (Å²) in [5.41, 5.74) is 7.88. The van der Waals surface area contributed by atoms with Gasteiger partial charge in [-0.15, -0.1) is 0 Å². The number of halogens is 1. The summed E-state index contributed by atoms with van der Waals surface area (Å²) in [5.74, 6) is -0.988. The van der Waals surface area contributed by atoms with E-state index in [-0.39, 0.29) is 88.3 Å². The first-order valence-corrected chi connectivity index (χ1v) is 29.6. The fourth-order valence-electron chi connectivity index (χ4n) is 4.70. The van der Waals surface area contributed by atoms with Gasteiger partial charge in [0.15, 0.2) is 9.93 Å². The number of nitrogens with two attached hydrogens (primary N) is 1. The minimum absolute atomic E-state index is 0. The largest absolute Gasteiger partial charge is 1.00 e. The number of anilines is 1. The summed E-state index contributed by atoms with van der Waals surface area (Å²) < 4.78 is 9.83. The number of isothiocyanates is 1. The summed E-state index contributed by atoms with van der Waals surface area (Å²) >= 11 is 12.7. The van der Waals surface area contributed by atoms with Crippen LogP contribution in [0.25, 0.3) is 32.7 Å². The topological polar surface area (TPSA) is 222 Å². The summed E-state index contributed by atoms with van der Waals surface area (Å²) in [6.45, 7) is 36.0. The molecule has 7 aromatic rings. The third-order valence-electron chi connectivity index (χ3n) is 7.54. The number of hydrogen-bond acceptors (Lipinski definition) is 13. The molecule has 0 atom stereocenters. The van der Waals surface area contributed by atoms with Crippen molar-refractivity contribution in [3.05, 3.63) is 138 Å². The first-order chi connectivity index (χ1) is 36.3. The number of nitrogens with one attached hydrogen (secondary N) is 1. The SMILES string of the molecule is CC.CC.CC.CC.CC.CC.CC.CC.CC.CI.CN=C=S.COc1nc2ccccc2c(=O)n1C.CSc1nc2ccccc2c(=O)n1C.Cn1c(=S)[nH]c2ccccc2c1=O.Nc1ccccc1C(=O)O.[H-].[Na+].[Na+].[OH-]. The molecule has 4 aromatic carbocycles. The number of aromatic nitrogens is 6. The molecule has 0 spiro atoms. The molecule has 0 unspecified atom stereocenters. The molecule has 0 saturated heterocycles. The number of aliphatic imine (C=N–C) groups is 1. The average Bonchev–Trinajstić information content (AvgIpc) is 3.50. The van der Waals surface area contributed by atoms with Gasteiger partial charge in [0.2, 0.25) is 0 Å². The maximum absolute atomic E-state index is 11.8. The standard InChI is InChI=1S/C10H10N2O2.C10H10N2OS.C9H8N2OS.C7H7NO2.C2H3NS.9C2H6.CH3I.2Na.H2O.H/c2*1-12-9(13)7-5-3-4-6-8(7)11-10(12)14-2;1-11-8(12)6-4-2-3-5-7(6)10-9(11)13;8-6-4-2-1-3-5(6)7(9)10;1-3-2-4;10*1-2;;;;/h2*3-6H,1-2H3;2-5H,1H3,(H,10,13);1-4H,8H2,(H,9,10);1H3;9*1-2H3;1H3;;;1H2;/q;;;;;;;;;;;;;;;2*+1;;-1/p-1. The molecule has 7 rings (SSSR count). The molecule has 5 N–H and O–H groups in total. The molecule has 0 aliphatic carbocycles. The van der Waals surface area contributed by atoms with E-state index in [1.165, 1.54) is 34.1 Å². The van der Waals surface area contributed by atoms with E-state index in [1.54, 1.807) is 75.2 Å². The second-order valence-electron chi connectivity index (χ2n) is 11.0. The van der Waals surface area contributed by atoms with Crippen molar-refractivity contribution in [3.8, 4) is 6.01 Å². The van der Waals surface area contributed by atoms with Crippen molar-refractivity contribution >= 4 is 108 Å². The zero-order chi connectivity index (χ0) is 60.7. The molecule has 0 saturated carbocycles. The van der Waals surface area contributed by atoms with E-state index in [0.717, 1.165) is 16.2 Å². The molecular weight excluding hydrogens is 1180 g/mol. The Morgan fingerprint density at radius 3 is 1.33 bits per heavy atom. The van der Waals surface area contributed by atoms with Gasteiger partial charge in [0.05, 0.1) is 50.5 Å². The van der Waals surface area contributed by atoms with Gasteiger partial charge in [0.1, 0.15) is 0 Å². The van der Waals surface area contributed by atoms with Crippen LogP contribution in [-0.2, 0) is 21.1 Å². The Balaban J connectivity index is -0.0000000662. The van der Waals surface area contributed by atoms with Crippen LogP contribution < -0.4 is 86.3 Å². The number of nitrogens with zero attached hydrogens (tertiary/aromatic N) is 6. The van der Waals surface area contributed by atoms with Crippen LogP contribution in [-0.4, -0.2) is 75.7 Å². The van der Waals surface area contributed by atoms with Crippen LogP contribution in [0.4, 0.5) is 5.69 Å². The first kappa shape index (κ1) is 99.7. The van der Waals surface area contributed by atoms with E-state index in [9.17, 15) is 19.2 Å². The Morgan fingerprint density at radius 1 is 0.641 bits per heavy atom. The Kier molecular flexibility index (Phi) is 91.4. The Bertz CT molecular complexity index is 2680. The van der Waals surface area contributed by atoms with Gasteiger partial charge in [-0.1, -0.05) is 208 Å².